The van der Waals surface area contributed by atoms with Crippen molar-refractivity contribution in [3.05, 3.63) is 22.8 Å². The summed E-state index contributed by atoms with van der Waals surface area (Å²) in [6, 6.07) is 2.53. The number of hydrogen-bond acceptors (Lipinski definition) is 3. The second kappa shape index (κ2) is 5.48. The molecule has 1 aromatic heterocycles. The highest BCUT2D eigenvalue weighted by atomic mass is 35.5. The van der Waals surface area contributed by atoms with Gasteiger partial charge in [0.2, 0.25) is 0 Å². The summed E-state index contributed by atoms with van der Waals surface area (Å²) in [7, 11) is 0. The number of aromatic nitrogens is 1. The van der Waals surface area contributed by atoms with Gasteiger partial charge in [-0.2, -0.15) is 11.8 Å². The second-order valence-corrected chi connectivity index (χ2v) is 5.71. The first-order chi connectivity index (χ1) is 7.72. The lowest BCUT2D eigenvalue weighted by atomic mass is 10.2. The monoisotopic (exact) mass is 276 g/mol. The van der Waals surface area contributed by atoms with Crippen LogP contribution >= 0.6 is 35.0 Å². The number of thioether (sulfide) groups is 1. The van der Waals surface area contributed by atoms with E-state index in [1.54, 1.807) is 6.20 Å². The van der Waals surface area contributed by atoms with Crippen molar-refractivity contribution >= 4 is 40.8 Å². The van der Waals surface area contributed by atoms with Gasteiger partial charge in [0.05, 0.1) is 5.02 Å². The van der Waals surface area contributed by atoms with Crippen molar-refractivity contribution in [2.24, 2.45) is 0 Å². The molecule has 0 aliphatic carbocycles. The Kier molecular flexibility index (Phi) is 4.22. The third-order valence-corrected chi connectivity index (χ3v) is 4.54. The molecule has 1 saturated heterocycles. The molecule has 1 aliphatic heterocycles. The van der Waals surface area contributed by atoms with Crippen molar-refractivity contribution in [2.45, 2.75) is 18.8 Å². The molecule has 0 amide bonds. The first-order valence-corrected chi connectivity index (χ1v) is 7.34. The Morgan fingerprint density at radius 3 is 3.12 bits per heavy atom. The summed E-state index contributed by atoms with van der Waals surface area (Å²) >= 11 is 13.8. The molecule has 88 valence electrons. The Hall–Kier alpha value is -0.120. The van der Waals surface area contributed by atoms with Gasteiger partial charge >= 0.3 is 0 Å². The molecule has 1 unspecified atom stereocenters. The fourth-order valence-electron chi connectivity index (χ4n) is 1.79. The molecule has 0 saturated carbocycles. The molecule has 0 aromatic carbocycles. The van der Waals surface area contributed by atoms with E-state index >= 15 is 0 Å². The van der Waals surface area contributed by atoms with Crippen molar-refractivity contribution < 1.29 is 0 Å². The summed E-state index contributed by atoms with van der Waals surface area (Å²) in [5.74, 6) is 3.74. The summed E-state index contributed by atoms with van der Waals surface area (Å²) in [4.78, 5) is 6.71. The number of pyridine rings is 1. The molecule has 2 nitrogen and oxygen atoms in total. The van der Waals surface area contributed by atoms with Crippen LogP contribution in [0.15, 0.2) is 12.3 Å². The summed E-state index contributed by atoms with van der Waals surface area (Å²) in [6.45, 7) is 3.27. The van der Waals surface area contributed by atoms with Crippen molar-refractivity contribution in [3.8, 4) is 0 Å². The molecule has 0 N–H and O–H groups in total. The number of nitrogens with zero attached hydrogens (tertiary/aromatic N) is 2. The molecule has 2 rings (SSSR count). The van der Waals surface area contributed by atoms with Gasteiger partial charge in [0.25, 0.3) is 0 Å². The molecule has 16 heavy (non-hydrogen) atoms. The second-order valence-electron chi connectivity index (χ2n) is 3.88. The molecular weight excluding hydrogens is 263 g/mol. The highest BCUT2D eigenvalue weighted by Crippen LogP contribution is 2.26. The summed E-state index contributed by atoms with van der Waals surface area (Å²) < 4.78 is 0. The van der Waals surface area contributed by atoms with Crippen LogP contribution in [0.25, 0.3) is 0 Å². The van der Waals surface area contributed by atoms with Crippen LogP contribution in [0.5, 0.6) is 0 Å². The van der Waals surface area contributed by atoms with Crippen LogP contribution in [0.1, 0.15) is 12.5 Å². The molecule has 0 radical (unpaired) electrons. The highest BCUT2D eigenvalue weighted by Gasteiger charge is 2.20. The SMILES string of the molecule is CC1CSCCN1c1cc(CCl)c(Cl)cn1. The van der Waals surface area contributed by atoms with Gasteiger partial charge in [-0.05, 0) is 18.6 Å². The van der Waals surface area contributed by atoms with E-state index in [1.165, 1.54) is 0 Å². The number of hydrogen-bond donors (Lipinski definition) is 0. The minimum absolute atomic E-state index is 0.436. The van der Waals surface area contributed by atoms with E-state index in [4.69, 9.17) is 23.2 Å². The zero-order valence-corrected chi connectivity index (χ0v) is 11.4. The molecule has 1 aromatic rings. The first kappa shape index (κ1) is 12.3. The summed E-state index contributed by atoms with van der Waals surface area (Å²) in [5, 5.41) is 0.651. The van der Waals surface area contributed by atoms with Gasteiger partial charge in [-0.15, -0.1) is 11.6 Å². The van der Waals surface area contributed by atoms with Crippen molar-refractivity contribution in [1.82, 2.24) is 4.98 Å². The van der Waals surface area contributed by atoms with Crippen LogP contribution in [0.4, 0.5) is 5.82 Å². The zero-order valence-electron chi connectivity index (χ0n) is 9.12. The number of rotatable bonds is 2. The van der Waals surface area contributed by atoms with Gasteiger partial charge in [-0.25, -0.2) is 4.98 Å². The average Bonchev–Trinajstić information content (AvgIpc) is 2.31. The molecule has 0 bridgehead atoms. The standard InChI is InChI=1S/C11H14Cl2N2S/c1-8-7-16-3-2-15(8)11-4-9(5-12)10(13)6-14-11/h4,6,8H,2-3,5,7H2,1H3. The van der Waals surface area contributed by atoms with E-state index in [0.717, 1.165) is 29.4 Å². The first-order valence-electron chi connectivity index (χ1n) is 5.27. The maximum atomic E-state index is 6.00. The van der Waals surface area contributed by atoms with Crippen molar-refractivity contribution in [2.75, 3.05) is 23.0 Å². The topological polar surface area (TPSA) is 16.1 Å². The van der Waals surface area contributed by atoms with Crippen LogP contribution < -0.4 is 4.90 Å². The maximum Gasteiger partial charge on any atom is 0.129 e. The Morgan fingerprint density at radius 1 is 1.62 bits per heavy atom. The van der Waals surface area contributed by atoms with E-state index in [1.807, 2.05) is 17.8 Å². The third kappa shape index (κ3) is 2.58. The zero-order chi connectivity index (χ0) is 11.5. The summed E-state index contributed by atoms with van der Waals surface area (Å²) in [6.07, 6.45) is 1.70. The molecule has 1 fully saturated rings. The minimum atomic E-state index is 0.436. The van der Waals surface area contributed by atoms with Gasteiger partial charge in [0.15, 0.2) is 0 Å². The van der Waals surface area contributed by atoms with E-state index in [0.29, 0.717) is 16.9 Å². The third-order valence-electron chi connectivity index (χ3n) is 2.73. The average molecular weight is 277 g/mol. The Morgan fingerprint density at radius 2 is 2.44 bits per heavy atom. The fraction of sp³-hybridized carbons (Fsp3) is 0.545. The van der Waals surface area contributed by atoms with Crippen LogP contribution in [0, 0.1) is 0 Å². The van der Waals surface area contributed by atoms with Crippen molar-refractivity contribution in [3.63, 3.8) is 0 Å². The Labute approximate surface area is 110 Å². The van der Waals surface area contributed by atoms with E-state index in [-0.39, 0.29) is 0 Å². The largest absolute Gasteiger partial charge is 0.352 e. The van der Waals surface area contributed by atoms with E-state index in [2.05, 4.69) is 16.8 Å². The number of alkyl halides is 1. The van der Waals surface area contributed by atoms with Gasteiger partial charge < -0.3 is 4.90 Å². The molecule has 5 heteroatoms. The van der Waals surface area contributed by atoms with E-state index < -0.39 is 0 Å². The Bertz CT molecular complexity index is 373. The van der Waals surface area contributed by atoms with Crippen molar-refractivity contribution in [1.29, 1.82) is 0 Å². The number of anilines is 1. The predicted molar refractivity (Wildman–Crippen MR) is 72.9 cm³/mol. The van der Waals surface area contributed by atoms with Gasteiger partial charge in [-0.3, -0.25) is 0 Å². The molecular formula is C11H14Cl2N2S. The van der Waals surface area contributed by atoms with Crippen LogP contribution in [0.3, 0.4) is 0 Å². The van der Waals surface area contributed by atoms with Crippen LogP contribution in [-0.2, 0) is 5.88 Å². The molecule has 2 heterocycles. The molecule has 1 atom stereocenters. The lowest BCUT2D eigenvalue weighted by molar-refractivity contribution is 0.689. The predicted octanol–water partition coefficient (Wildman–Crippen LogP) is 3.42. The summed E-state index contributed by atoms with van der Waals surface area (Å²) in [5.41, 5.74) is 0.957. The van der Waals surface area contributed by atoms with E-state index in [9.17, 15) is 0 Å². The fourth-order valence-corrected chi connectivity index (χ4v) is 3.27. The van der Waals surface area contributed by atoms with Gasteiger partial charge in [0.1, 0.15) is 5.82 Å². The quantitative estimate of drug-likeness (QED) is 0.771. The lowest BCUT2D eigenvalue weighted by Crippen LogP contribution is -2.40. The number of halogens is 2. The highest BCUT2D eigenvalue weighted by molar-refractivity contribution is 7.99. The smallest absolute Gasteiger partial charge is 0.129 e. The lowest BCUT2D eigenvalue weighted by Gasteiger charge is -2.34. The Balaban J connectivity index is 2.25. The van der Waals surface area contributed by atoms with Crippen LogP contribution in [-0.4, -0.2) is 29.1 Å². The molecule has 1 aliphatic rings. The van der Waals surface area contributed by atoms with Crippen LogP contribution in [0.2, 0.25) is 5.02 Å². The normalized spacial score (nSPS) is 21.2. The maximum absolute atomic E-state index is 6.00. The molecule has 0 spiro atoms. The van der Waals surface area contributed by atoms with Gasteiger partial charge in [0, 0.05) is 36.2 Å². The van der Waals surface area contributed by atoms with Gasteiger partial charge in [-0.1, -0.05) is 11.6 Å². The minimum Gasteiger partial charge on any atom is -0.352 e.